The average molecular weight is 497 g/mol. The van der Waals surface area contributed by atoms with Gasteiger partial charge in [0.15, 0.2) is 11.0 Å². The molecular formula is C24H24N4O4S2. The molecule has 0 unspecified atom stereocenters. The number of benzene rings is 2. The molecule has 1 aliphatic rings. The molecule has 0 amide bonds. The molecule has 0 N–H and O–H groups in total. The van der Waals surface area contributed by atoms with Crippen LogP contribution in [0, 0.1) is 0 Å². The first kappa shape index (κ1) is 22.9. The highest BCUT2D eigenvalue weighted by atomic mass is 32.2. The Morgan fingerprint density at radius 3 is 2.53 bits per heavy atom. The maximum Gasteiger partial charge on any atom is 0.243 e. The number of rotatable bonds is 8. The first-order valence-electron chi connectivity index (χ1n) is 10.9. The van der Waals surface area contributed by atoms with Crippen LogP contribution < -0.4 is 0 Å². The summed E-state index contributed by atoms with van der Waals surface area (Å²) in [5.41, 5.74) is 1.86. The first-order valence-corrected chi connectivity index (χ1v) is 13.3. The van der Waals surface area contributed by atoms with Gasteiger partial charge in [0.1, 0.15) is 5.76 Å². The van der Waals surface area contributed by atoms with E-state index in [0.29, 0.717) is 43.5 Å². The van der Waals surface area contributed by atoms with Crippen LogP contribution in [0.5, 0.6) is 0 Å². The highest BCUT2D eigenvalue weighted by Gasteiger charge is 2.26. The summed E-state index contributed by atoms with van der Waals surface area (Å²) in [6, 6.07) is 20.8. The largest absolute Gasteiger partial charge is 0.467 e. The maximum absolute atomic E-state index is 13.0. The second kappa shape index (κ2) is 10.1. The van der Waals surface area contributed by atoms with Crippen molar-refractivity contribution < 1.29 is 17.6 Å². The number of hydrogen-bond acceptors (Lipinski definition) is 7. The Morgan fingerprint density at radius 1 is 0.941 bits per heavy atom. The molecule has 3 heterocycles. The van der Waals surface area contributed by atoms with E-state index in [0.717, 1.165) is 27.9 Å². The Bertz CT molecular complexity index is 1330. The first-order chi connectivity index (χ1) is 16.6. The van der Waals surface area contributed by atoms with Crippen molar-refractivity contribution in [3.63, 3.8) is 0 Å². The molecule has 1 aliphatic heterocycles. The van der Waals surface area contributed by atoms with Crippen molar-refractivity contribution >= 4 is 21.8 Å². The van der Waals surface area contributed by atoms with Crippen LogP contribution in [0.15, 0.2) is 87.5 Å². The Labute approximate surface area is 202 Å². The highest BCUT2D eigenvalue weighted by Crippen LogP contribution is 2.28. The zero-order valence-corrected chi connectivity index (χ0v) is 20.0. The Kier molecular flexibility index (Phi) is 6.82. The van der Waals surface area contributed by atoms with Gasteiger partial charge in [0, 0.05) is 24.4 Å². The number of morpholine rings is 1. The SMILES string of the molecule is O=S(=O)(c1cccc(CSc2nnc(-c3ccccc3)n2Cc2ccco2)c1)N1CCOCC1. The molecule has 0 radical (unpaired) electrons. The number of aromatic nitrogens is 3. The van der Waals surface area contributed by atoms with Crippen LogP contribution in [0.25, 0.3) is 11.4 Å². The lowest BCUT2D eigenvalue weighted by atomic mass is 10.2. The number of hydrogen-bond donors (Lipinski definition) is 0. The van der Waals surface area contributed by atoms with E-state index in [4.69, 9.17) is 9.15 Å². The predicted octanol–water partition coefficient (Wildman–Crippen LogP) is 3.90. The minimum Gasteiger partial charge on any atom is -0.467 e. The Morgan fingerprint density at radius 2 is 1.76 bits per heavy atom. The zero-order valence-electron chi connectivity index (χ0n) is 18.4. The minimum atomic E-state index is -3.54. The smallest absolute Gasteiger partial charge is 0.243 e. The van der Waals surface area contributed by atoms with E-state index in [1.165, 1.54) is 16.1 Å². The molecule has 2 aromatic heterocycles. The van der Waals surface area contributed by atoms with Crippen molar-refractivity contribution in [2.75, 3.05) is 26.3 Å². The summed E-state index contributed by atoms with van der Waals surface area (Å²) < 4.78 is 40.4. The Balaban J connectivity index is 1.38. The van der Waals surface area contributed by atoms with Crippen molar-refractivity contribution in [1.29, 1.82) is 0 Å². The summed E-state index contributed by atoms with van der Waals surface area (Å²) in [4.78, 5) is 0.300. The third-order valence-electron chi connectivity index (χ3n) is 5.52. The molecule has 0 bridgehead atoms. The van der Waals surface area contributed by atoms with Crippen molar-refractivity contribution in [3.8, 4) is 11.4 Å². The van der Waals surface area contributed by atoms with Crippen molar-refractivity contribution in [1.82, 2.24) is 19.1 Å². The molecule has 0 spiro atoms. The zero-order chi connectivity index (χ0) is 23.4. The summed E-state index contributed by atoms with van der Waals surface area (Å²) in [6.07, 6.45) is 1.65. The minimum absolute atomic E-state index is 0.300. The molecule has 5 rings (SSSR count). The molecule has 10 heteroatoms. The summed E-state index contributed by atoms with van der Waals surface area (Å²) in [5, 5.41) is 9.59. The van der Waals surface area contributed by atoms with Gasteiger partial charge in [0.05, 0.1) is 30.9 Å². The molecule has 0 saturated carbocycles. The third-order valence-corrected chi connectivity index (χ3v) is 8.45. The fraction of sp³-hybridized carbons (Fsp3) is 0.250. The van der Waals surface area contributed by atoms with Gasteiger partial charge >= 0.3 is 0 Å². The van der Waals surface area contributed by atoms with E-state index in [-0.39, 0.29) is 0 Å². The van der Waals surface area contributed by atoms with Gasteiger partial charge in [0.2, 0.25) is 10.0 Å². The lowest BCUT2D eigenvalue weighted by Gasteiger charge is -2.26. The monoisotopic (exact) mass is 496 g/mol. The van der Waals surface area contributed by atoms with Crippen LogP contribution in [0.1, 0.15) is 11.3 Å². The van der Waals surface area contributed by atoms with Crippen LogP contribution in [0.4, 0.5) is 0 Å². The summed E-state index contributed by atoms with van der Waals surface area (Å²) >= 11 is 1.51. The van der Waals surface area contributed by atoms with E-state index < -0.39 is 10.0 Å². The molecule has 176 valence electrons. The normalized spacial score (nSPS) is 14.9. The van der Waals surface area contributed by atoms with E-state index in [2.05, 4.69) is 10.2 Å². The molecule has 0 aliphatic carbocycles. The van der Waals surface area contributed by atoms with Gasteiger partial charge in [-0.3, -0.25) is 4.57 Å². The van der Waals surface area contributed by atoms with Crippen molar-refractivity contribution in [3.05, 3.63) is 84.3 Å². The standard InChI is InChI=1S/C24H24N4O4S2/c29-34(30,27-11-14-31-15-12-27)22-10-4-6-19(16-22)18-33-24-26-25-23(20-7-2-1-3-8-20)28(24)17-21-9-5-13-32-21/h1-10,13,16H,11-12,14-15,17-18H2. The van der Waals surface area contributed by atoms with Crippen LogP contribution >= 0.6 is 11.8 Å². The average Bonchev–Trinajstić information content (AvgIpc) is 3.54. The quantitative estimate of drug-likeness (QED) is 0.342. The lowest BCUT2D eigenvalue weighted by molar-refractivity contribution is 0.0730. The number of furan rings is 1. The second-order valence-electron chi connectivity index (χ2n) is 7.79. The van der Waals surface area contributed by atoms with E-state index in [1.54, 1.807) is 24.5 Å². The number of ether oxygens (including phenoxy) is 1. The number of sulfonamides is 1. The second-order valence-corrected chi connectivity index (χ2v) is 10.7. The number of nitrogens with zero attached hydrogens (tertiary/aromatic N) is 4. The van der Waals surface area contributed by atoms with Gasteiger partial charge in [-0.1, -0.05) is 54.2 Å². The maximum atomic E-state index is 13.0. The van der Waals surface area contributed by atoms with E-state index >= 15 is 0 Å². The third kappa shape index (κ3) is 4.95. The fourth-order valence-electron chi connectivity index (χ4n) is 3.78. The van der Waals surface area contributed by atoms with Gasteiger partial charge in [0.25, 0.3) is 0 Å². The van der Waals surface area contributed by atoms with Crippen molar-refractivity contribution in [2.45, 2.75) is 22.3 Å². The van der Waals surface area contributed by atoms with Gasteiger partial charge in [-0.05, 0) is 29.8 Å². The van der Waals surface area contributed by atoms with Crippen LogP contribution in [-0.4, -0.2) is 53.8 Å². The van der Waals surface area contributed by atoms with E-state index in [9.17, 15) is 8.42 Å². The van der Waals surface area contributed by atoms with Crippen LogP contribution in [0.3, 0.4) is 0 Å². The Hall–Kier alpha value is -2.92. The van der Waals surface area contributed by atoms with Crippen LogP contribution in [0.2, 0.25) is 0 Å². The molecule has 34 heavy (non-hydrogen) atoms. The van der Waals surface area contributed by atoms with Gasteiger partial charge in [-0.2, -0.15) is 4.31 Å². The summed E-state index contributed by atoms with van der Waals surface area (Å²) in [5.74, 6) is 2.11. The summed E-state index contributed by atoms with van der Waals surface area (Å²) in [7, 11) is -3.54. The molecule has 0 atom stereocenters. The topological polar surface area (TPSA) is 90.5 Å². The van der Waals surface area contributed by atoms with Crippen molar-refractivity contribution in [2.24, 2.45) is 0 Å². The van der Waals surface area contributed by atoms with Crippen LogP contribution in [-0.2, 0) is 27.1 Å². The molecule has 8 nitrogen and oxygen atoms in total. The lowest BCUT2D eigenvalue weighted by Crippen LogP contribution is -2.40. The molecule has 1 saturated heterocycles. The fourth-order valence-corrected chi connectivity index (χ4v) is 6.14. The van der Waals surface area contributed by atoms with E-state index in [1.807, 2.05) is 53.1 Å². The highest BCUT2D eigenvalue weighted by molar-refractivity contribution is 7.98. The summed E-state index contributed by atoms with van der Waals surface area (Å²) in [6.45, 7) is 2.09. The number of thioether (sulfide) groups is 1. The molecule has 1 fully saturated rings. The van der Waals surface area contributed by atoms with Gasteiger partial charge in [-0.25, -0.2) is 8.42 Å². The van der Waals surface area contributed by atoms with Gasteiger partial charge < -0.3 is 9.15 Å². The molecule has 4 aromatic rings. The van der Waals surface area contributed by atoms with Gasteiger partial charge in [-0.15, -0.1) is 10.2 Å². The molecule has 2 aromatic carbocycles. The molecular weight excluding hydrogens is 472 g/mol. The predicted molar refractivity (Wildman–Crippen MR) is 129 cm³/mol.